The van der Waals surface area contributed by atoms with Crippen LogP contribution >= 0.6 is 0 Å². The second-order valence-corrected chi connectivity index (χ2v) is 16.1. The molecule has 11 rings (SSSR count). The van der Waals surface area contributed by atoms with Gasteiger partial charge in [-0.2, -0.15) is 0 Å². The van der Waals surface area contributed by atoms with E-state index in [1.165, 1.54) is 67.3 Å². The van der Waals surface area contributed by atoms with Crippen molar-refractivity contribution in [2.75, 3.05) is 9.80 Å². The summed E-state index contributed by atoms with van der Waals surface area (Å²) in [5.41, 5.74) is 15.6. The Kier molecular flexibility index (Phi) is 8.93. The molecule has 0 radical (unpaired) electrons. The molecule has 0 bridgehead atoms. The Bertz CT molecular complexity index is 2620. The molecule has 4 nitrogen and oxygen atoms in total. The van der Waals surface area contributed by atoms with E-state index < -0.39 is 10.8 Å². The average molecular weight is 785 g/mol. The third kappa shape index (κ3) is 5.74. The van der Waals surface area contributed by atoms with E-state index in [4.69, 9.17) is 9.97 Å². The molecule has 0 unspecified atom stereocenters. The highest BCUT2D eigenvalue weighted by Crippen LogP contribution is 2.57. The van der Waals surface area contributed by atoms with Crippen LogP contribution < -0.4 is 9.80 Å². The number of aromatic nitrogens is 2. The molecular weight excluding hydrogens is 741 g/mol. The first-order valence-corrected chi connectivity index (χ1v) is 21.2. The van der Waals surface area contributed by atoms with E-state index in [-0.39, 0.29) is 0 Å². The van der Waals surface area contributed by atoms with Crippen molar-refractivity contribution in [1.82, 2.24) is 9.97 Å². The lowest BCUT2D eigenvalue weighted by Gasteiger charge is -2.46. The van der Waals surface area contributed by atoms with Gasteiger partial charge in [-0.25, -0.2) is 9.97 Å². The number of fused-ring (bicyclic) bond motifs is 4. The molecule has 9 aromatic rings. The Labute approximate surface area is 358 Å². The molecule has 2 aliphatic heterocycles. The molecule has 0 fully saturated rings. The fraction of sp³-hybridized carbons (Fsp3) is 0.0877. The van der Waals surface area contributed by atoms with Crippen molar-refractivity contribution in [2.45, 2.75) is 30.8 Å². The number of hydrogen-bond donors (Lipinski definition) is 0. The summed E-state index contributed by atoms with van der Waals surface area (Å²) in [6, 6.07) is 81.8. The molecule has 3 heterocycles. The summed E-state index contributed by atoms with van der Waals surface area (Å²) < 4.78 is 0. The second-order valence-electron chi connectivity index (χ2n) is 16.1. The van der Waals surface area contributed by atoms with Gasteiger partial charge in [0.05, 0.1) is 35.3 Å². The lowest BCUT2D eigenvalue weighted by Crippen LogP contribution is -2.39. The van der Waals surface area contributed by atoms with Gasteiger partial charge >= 0.3 is 0 Å². The molecule has 0 amide bonds. The van der Waals surface area contributed by atoms with Crippen LogP contribution in [0.1, 0.15) is 61.7 Å². The van der Waals surface area contributed by atoms with E-state index in [0.717, 1.165) is 17.2 Å². The summed E-state index contributed by atoms with van der Waals surface area (Å²) in [6.07, 6.45) is 0. The number of hydrogen-bond acceptors (Lipinski definition) is 4. The van der Waals surface area contributed by atoms with Crippen LogP contribution in [0.25, 0.3) is 0 Å². The molecule has 292 valence electrons. The standard InChI is InChI=1S/C57H44N4/c1-41-58-46(39-60-52-34-18-14-30-48(52)56(42-22-6-2-7-23-42,43-24-8-3-9-25-43)49-31-15-19-35-53(49)60)38-47(59-41)40-61-54-36-20-16-32-50(54)57(44-26-10-4-11-27-44,45-28-12-5-13-29-45)51-33-17-21-37-55(51)61/h2-38H,39-40H2,1H3. The molecule has 0 atom stereocenters. The van der Waals surface area contributed by atoms with Gasteiger partial charge in [-0.3, -0.25) is 0 Å². The third-order valence-corrected chi connectivity index (χ3v) is 12.8. The third-order valence-electron chi connectivity index (χ3n) is 12.8. The minimum absolute atomic E-state index is 0.511. The smallest absolute Gasteiger partial charge is 0.125 e. The van der Waals surface area contributed by atoms with Crippen LogP contribution in [-0.2, 0) is 23.9 Å². The molecule has 8 aromatic carbocycles. The van der Waals surface area contributed by atoms with Crippen LogP contribution in [0.4, 0.5) is 22.7 Å². The summed E-state index contributed by atoms with van der Waals surface area (Å²) in [5.74, 6) is 0.760. The minimum Gasteiger partial charge on any atom is -0.335 e. The van der Waals surface area contributed by atoms with Crippen LogP contribution in [0.3, 0.4) is 0 Å². The highest BCUT2D eigenvalue weighted by atomic mass is 15.2. The predicted octanol–water partition coefficient (Wildman–Crippen LogP) is 12.9. The Hall–Kier alpha value is -7.56. The van der Waals surface area contributed by atoms with E-state index >= 15 is 0 Å². The van der Waals surface area contributed by atoms with Crippen molar-refractivity contribution in [3.63, 3.8) is 0 Å². The van der Waals surface area contributed by atoms with E-state index in [1.807, 2.05) is 6.92 Å². The predicted molar refractivity (Wildman–Crippen MR) is 248 cm³/mol. The SMILES string of the molecule is Cc1nc(CN2c3ccccc3C(c3ccccc3)(c3ccccc3)c3ccccc32)cc(CN2c3ccccc3C(c3ccccc3)(c3ccccc3)c3ccccc32)n1. The van der Waals surface area contributed by atoms with Crippen LogP contribution in [0.2, 0.25) is 0 Å². The highest BCUT2D eigenvalue weighted by molar-refractivity contribution is 5.85. The molecule has 0 N–H and O–H groups in total. The van der Waals surface area contributed by atoms with Gasteiger partial charge < -0.3 is 9.80 Å². The molecule has 4 heteroatoms. The Morgan fingerprint density at radius 3 is 0.852 bits per heavy atom. The van der Waals surface area contributed by atoms with Crippen LogP contribution in [0, 0.1) is 6.92 Å². The number of aryl methyl sites for hydroxylation is 1. The Morgan fingerprint density at radius 1 is 0.328 bits per heavy atom. The largest absolute Gasteiger partial charge is 0.335 e. The first-order chi connectivity index (χ1) is 30.2. The van der Waals surface area contributed by atoms with Gasteiger partial charge in [0.15, 0.2) is 0 Å². The topological polar surface area (TPSA) is 32.3 Å². The lowest BCUT2D eigenvalue weighted by atomic mass is 9.62. The van der Waals surface area contributed by atoms with Crippen molar-refractivity contribution >= 4 is 22.7 Å². The number of nitrogens with zero attached hydrogens (tertiary/aromatic N) is 4. The molecule has 0 spiro atoms. The molecule has 1 aromatic heterocycles. The fourth-order valence-electron chi connectivity index (χ4n) is 10.5. The highest BCUT2D eigenvalue weighted by Gasteiger charge is 2.47. The van der Waals surface area contributed by atoms with E-state index in [0.29, 0.717) is 13.1 Å². The van der Waals surface area contributed by atoms with E-state index in [9.17, 15) is 0 Å². The molecule has 0 saturated heterocycles. The van der Waals surface area contributed by atoms with Crippen molar-refractivity contribution < 1.29 is 0 Å². The zero-order valence-electron chi connectivity index (χ0n) is 34.1. The zero-order valence-corrected chi connectivity index (χ0v) is 34.1. The van der Waals surface area contributed by atoms with Crippen molar-refractivity contribution in [3.8, 4) is 0 Å². The quantitative estimate of drug-likeness (QED) is 0.154. The van der Waals surface area contributed by atoms with E-state index in [2.05, 4.69) is 234 Å². The normalized spacial score (nSPS) is 14.3. The fourth-order valence-corrected chi connectivity index (χ4v) is 10.5. The number of rotatable bonds is 8. The first-order valence-electron chi connectivity index (χ1n) is 21.2. The zero-order chi connectivity index (χ0) is 40.8. The van der Waals surface area contributed by atoms with Gasteiger partial charge in [0.2, 0.25) is 0 Å². The molecule has 0 aliphatic carbocycles. The number of anilines is 4. The van der Waals surface area contributed by atoms with Gasteiger partial charge in [0, 0.05) is 22.7 Å². The molecule has 61 heavy (non-hydrogen) atoms. The summed E-state index contributed by atoms with van der Waals surface area (Å²) in [6.45, 7) is 3.19. The van der Waals surface area contributed by atoms with Gasteiger partial charge in [-0.15, -0.1) is 0 Å². The summed E-state index contributed by atoms with van der Waals surface area (Å²) in [4.78, 5) is 15.2. The lowest BCUT2D eigenvalue weighted by molar-refractivity contribution is 0.707. The van der Waals surface area contributed by atoms with Crippen LogP contribution in [0.15, 0.2) is 224 Å². The number of para-hydroxylation sites is 4. The number of benzene rings is 8. The maximum Gasteiger partial charge on any atom is 0.125 e. The molecule has 2 aliphatic rings. The van der Waals surface area contributed by atoms with Gasteiger partial charge in [0.25, 0.3) is 0 Å². The maximum atomic E-state index is 5.14. The molecular formula is C57H44N4. The van der Waals surface area contributed by atoms with Crippen molar-refractivity contribution in [2.24, 2.45) is 0 Å². The Morgan fingerprint density at radius 2 is 0.574 bits per heavy atom. The average Bonchev–Trinajstić information content (AvgIpc) is 3.33. The van der Waals surface area contributed by atoms with Gasteiger partial charge in [-0.05, 0) is 81.8 Å². The monoisotopic (exact) mass is 784 g/mol. The summed E-state index contributed by atoms with van der Waals surface area (Å²) >= 11 is 0. The van der Waals surface area contributed by atoms with Crippen LogP contribution in [-0.4, -0.2) is 9.97 Å². The maximum absolute atomic E-state index is 5.14. The van der Waals surface area contributed by atoms with Crippen molar-refractivity contribution in [3.05, 3.63) is 286 Å². The van der Waals surface area contributed by atoms with Crippen LogP contribution in [0.5, 0.6) is 0 Å². The summed E-state index contributed by atoms with van der Waals surface area (Å²) in [5, 5.41) is 0. The van der Waals surface area contributed by atoms with Crippen molar-refractivity contribution in [1.29, 1.82) is 0 Å². The molecule has 0 saturated carbocycles. The van der Waals surface area contributed by atoms with Gasteiger partial charge in [-0.1, -0.05) is 194 Å². The minimum atomic E-state index is -0.511. The second kappa shape index (κ2) is 14.9. The first kappa shape index (κ1) is 36.5. The summed E-state index contributed by atoms with van der Waals surface area (Å²) in [7, 11) is 0. The van der Waals surface area contributed by atoms with Gasteiger partial charge in [0.1, 0.15) is 5.82 Å². The Balaban J connectivity index is 1.03. The van der Waals surface area contributed by atoms with E-state index in [1.54, 1.807) is 0 Å².